The molecule has 1 unspecified atom stereocenters. The van der Waals surface area contributed by atoms with Crippen molar-refractivity contribution in [2.45, 2.75) is 53.1 Å². The summed E-state index contributed by atoms with van der Waals surface area (Å²) in [7, 11) is 0. The molecule has 0 radical (unpaired) electrons. The van der Waals surface area contributed by atoms with Crippen molar-refractivity contribution in [3.63, 3.8) is 0 Å². The van der Waals surface area contributed by atoms with E-state index in [1.165, 1.54) is 5.56 Å². The van der Waals surface area contributed by atoms with Crippen molar-refractivity contribution in [2.75, 3.05) is 0 Å². The first-order chi connectivity index (χ1) is 8.56. The van der Waals surface area contributed by atoms with Crippen LogP contribution in [-0.2, 0) is 11.3 Å². The fourth-order valence-corrected chi connectivity index (χ4v) is 2.13. The van der Waals surface area contributed by atoms with E-state index < -0.39 is 0 Å². The van der Waals surface area contributed by atoms with Crippen LogP contribution in [0.4, 0.5) is 0 Å². The highest BCUT2D eigenvalue weighted by atomic mass is 16.2. The van der Waals surface area contributed by atoms with Gasteiger partial charge >= 0.3 is 0 Å². The van der Waals surface area contributed by atoms with Crippen molar-refractivity contribution >= 4 is 5.91 Å². The number of benzene rings is 1. The predicted octanol–water partition coefficient (Wildman–Crippen LogP) is 3.86. The molecular formula is C16H25NO. The van der Waals surface area contributed by atoms with Gasteiger partial charge in [0.1, 0.15) is 0 Å². The minimum Gasteiger partial charge on any atom is -0.336 e. The third kappa shape index (κ3) is 4.17. The Morgan fingerprint density at radius 1 is 1.17 bits per heavy atom. The Kier molecular flexibility index (Phi) is 5.90. The van der Waals surface area contributed by atoms with Gasteiger partial charge in [-0.25, -0.2) is 0 Å². The molecule has 1 amide bonds. The van der Waals surface area contributed by atoms with E-state index in [0.29, 0.717) is 6.54 Å². The number of amides is 1. The first-order valence-corrected chi connectivity index (χ1v) is 6.90. The number of nitrogens with zero attached hydrogens (tertiary/aromatic N) is 1. The van der Waals surface area contributed by atoms with Crippen molar-refractivity contribution in [3.8, 4) is 0 Å². The minimum atomic E-state index is 0.126. The second-order valence-corrected chi connectivity index (χ2v) is 5.24. The Labute approximate surface area is 111 Å². The van der Waals surface area contributed by atoms with Crippen LogP contribution in [0, 0.1) is 5.92 Å². The summed E-state index contributed by atoms with van der Waals surface area (Å²) in [4.78, 5) is 14.4. The lowest BCUT2D eigenvalue weighted by Crippen LogP contribution is -2.39. The number of hydrogen-bond acceptors (Lipinski definition) is 1. The molecule has 0 saturated carbocycles. The Morgan fingerprint density at radius 3 is 2.28 bits per heavy atom. The third-order valence-electron chi connectivity index (χ3n) is 3.25. The van der Waals surface area contributed by atoms with Crippen LogP contribution in [0.25, 0.3) is 0 Å². The largest absolute Gasteiger partial charge is 0.336 e. The van der Waals surface area contributed by atoms with Crippen molar-refractivity contribution in [1.82, 2.24) is 4.90 Å². The van der Waals surface area contributed by atoms with Gasteiger partial charge < -0.3 is 4.90 Å². The van der Waals surface area contributed by atoms with Gasteiger partial charge in [-0.2, -0.15) is 0 Å². The molecule has 1 aromatic rings. The first kappa shape index (κ1) is 14.7. The van der Waals surface area contributed by atoms with Crippen molar-refractivity contribution in [1.29, 1.82) is 0 Å². The highest BCUT2D eigenvalue weighted by Gasteiger charge is 2.22. The second-order valence-electron chi connectivity index (χ2n) is 5.24. The summed E-state index contributed by atoms with van der Waals surface area (Å²) in [6.07, 6.45) is 2.03. The van der Waals surface area contributed by atoms with Crippen molar-refractivity contribution < 1.29 is 4.79 Å². The number of carbonyl (C=O) groups excluding carboxylic acids is 1. The summed E-state index contributed by atoms with van der Waals surface area (Å²) in [6, 6.07) is 10.4. The van der Waals surface area contributed by atoms with Crippen LogP contribution in [0.1, 0.15) is 46.1 Å². The van der Waals surface area contributed by atoms with Gasteiger partial charge in [-0.3, -0.25) is 4.79 Å². The van der Waals surface area contributed by atoms with Gasteiger partial charge in [0.05, 0.1) is 0 Å². The molecule has 0 saturated heterocycles. The smallest absolute Gasteiger partial charge is 0.225 e. The van der Waals surface area contributed by atoms with E-state index in [9.17, 15) is 4.79 Å². The molecule has 0 aliphatic carbocycles. The lowest BCUT2D eigenvalue weighted by molar-refractivity contribution is -0.137. The molecule has 1 atom stereocenters. The molecule has 0 aliphatic rings. The molecule has 0 N–H and O–H groups in total. The Balaban J connectivity index is 2.74. The van der Waals surface area contributed by atoms with Crippen LogP contribution in [0.5, 0.6) is 0 Å². The zero-order valence-corrected chi connectivity index (χ0v) is 12.0. The molecule has 2 nitrogen and oxygen atoms in total. The number of hydrogen-bond donors (Lipinski definition) is 0. The SMILES string of the molecule is CCCC(C)C(=O)N(Cc1ccccc1)C(C)C. The summed E-state index contributed by atoms with van der Waals surface area (Å²) in [5, 5.41) is 0. The van der Waals surface area contributed by atoms with Crippen LogP contribution in [-0.4, -0.2) is 16.8 Å². The summed E-state index contributed by atoms with van der Waals surface area (Å²) in [6.45, 7) is 9.04. The summed E-state index contributed by atoms with van der Waals surface area (Å²) >= 11 is 0. The molecule has 100 valence electrons. The monoisotopic (exact) mass is 247 g/mol. The number of rotatable bonds is 6. The summed E-state index contributed by atoms with van der Waals surface area (Å²) in [5.41, 5.74) is 1.20. The van der Waals surface area contributed by atoms with Gasteiger partial charge in [0.25, 0.3) is 0 Å². The molecular weight excluding hydrogens is 222 g/mol. The van der Waals surface area contributed by atoms with Crippen LogP contribution in [0.15, 0.2) is 30.3 Å². The van der Waals surface area contributed by atoms with Crippen LogP contribution in [0.3, 0.4) is 0 Å². The molecule has 0 aliphatic heterocycles. The van der Waals surface area contributed by atoms with Crippen molar-refractivity contribution in [2.24, 2.45) is 5.92 Å². The minimum absolute atomic E-state index is 0.126. The highest BCUT2D eigenvalue weighted by Crippen LogP contribution is 2.15. The van der Waals surface area contributed by atoms with E-state index >= 15 is 0 Å². The Bertz CT molecular complexity index is 359. The summed E-state index contributed by atoms with van der Waals surface area (Å²) in [5.74, 6) is 0.400. The summed E-state index contributed by atoms with van der Waals surface area (Å²) < 4.78 is 0. The fraction of sp³-hybridized carbons (Fsp3) is 0.562. The quantitative estimate of drug-likeness (QED) is 0.747. The zero-order chi connectivity index (χ0) is 13.5. The standard InChI is InChI=1S/C16H25NO/c1-5-9-14(4)16(18)17(13(2)3)12-15-10-7-6-8-11-15/h6-8,10-11,13-14H,5,9,12H2,1-4H3. The van der Waals surface area contributed by atoms with Crippen molar-refractivity contribution in [3.05, 3.63) is 35.9 Å². The Hall–Kier alpha value is -1.31. The van der Waals surface area contributed by atoms with E-state index in [2.05, 4.69) is 32.9 Å². The van der Waals surface area contributed by atoms with Gasteiger partial charge in [-0.1, -0.05) is 50.6 Å². The molecule has 0 fully saturated rings. The maximum Gasteiger partial charge on any atom is 0.225 e. The zero-order valence-electron chi connectivity index (χ0n) is 12.0. The molecule has 18 heavy (non-hydrogen) atoms. The van der Waals surface area contributed by atoms with Gasteiger partial charge in [0, 0.05) is 18.5 Å². The third-order valence-corrected chi connectivity index (χ3v) is 3.25. The highest BCUT2D eigenvalue weighted by molar-refractivity contribution is 5.78. The molecule has 0 aromatic heterocycles. The van der Waals surface area contributed by atoms with Gasteiger partial charge in [0.15, 0.2) is 0 Å². The van der Waals surface area contributed by atoms with Crippen LogP contribution < -0.4 is 0 Å². The second kappa shape index (κ2) is 7.20. The maximum absolute atomic E-state index is 12.4. The number of carbonyl (C=O) groups is 1. The average molecular weight is 247 g/mol. The lowest BCUT2D eigenvalue weighted by Gasteiger charge is -2.29. The van der Waals surface area contributed by atoms with E-state index in [0.717, 1.165) is 12.8 Å². The van der Waals surface area contributed by atoms with Gasteiger partial charge in [0.2, 0.25) is 5.91 Å². The molecule has 2 heteroatoms. The molecule has 0 bridgehead atoms. The van der Waals surface area contributed by atoms with E-state index in [-0.39, 0.29) is 17.9 Å². The molecule has 0 spiro atoms. The first-order valence-electron chi connectivity index (χ1n) is 6.90. The normalized spacial score (nSPS) is 12.5. The van der Waals surface area contributed by atoms with Gasteiger partial charge in [-0.15, -0.1) is 0 Å². The molecule has 0 heterocycles. The van der Waals surface area contributed by atoms with E-state index in [4.69, 9.17) is 0 Å². The fourth-order valence-electron chi connectivity index (χ4n) is 2.13. The topological polar surface area (TPSA) is 20.3 Å². The Morgan fingerprint density at radius 2 is 1.78 bits per heavy atom. The van der Waals surface area contributed by atoms with E-state index in [1.54, 1.807) is 0 Å². The molecule has 1 rings (SSSR count). The predicted molar refractivity (Wildman–Crippen MR) is 76.2 cm³/mol. The lowest BCUT2D eigenvalue weighted by atomic mass is 10.0. The van der Waals surface area contributed by atoms with E-state index in [1.807, 2.05) is 30.0 Å². The average Bonchev–Trinajstić information content (AvgIpc) is 2.36. The van der Waals surface area contributed by atoms with Gasteiger partial charge in [-0.05, 0) is 25.8 Å². The van der Waals surface area contributed by atoms with Crippen LogP contribution >= 0.6 is 0 Å². The maximum atomic E-state index is 12.4. The van der Waals surface area contributed by atoms with Crippen LogP contribution in [0.2, 0.25) is 0 Å². The molecule has 1 aromatic carbocycles.